The van der Waals surface area contributed by atoms with Gasteiger partial charge in [-0.05, 0) is 30.9 Å². The lowest BCUT2D eigenvalue weighted by molar-refractivity contribution is -0.144. The number of ether oxygens (including phenoxy) is 1. The average Bonchev–Trinajstić information content (AvgIpc) is 2.54. The summed E-state index contributed by atoms with van der Waals surface area (Å²) in [5.74, 6) is -3.21. The van der Waals surface area contributed by atoms with E-state index in [2.05, 4.69) is 10.3 Å². The van der Waals surface area contributed by atoms with Crippen LogP contribution in [0.5, 0.6) is 0 Å². The van der Waals surface area contributed by atoms with Crippen molar-refractivity contribution in [1.82, 2.24) is 10.3 Å². The minimum absolute atomic E-state index is 0.192. The van der Waals surface area contributed by atoms with Gasteiger partial charge in [-0.1, -0.05) is 0 Å². The Balaban J connectivity index is 2.07. The Morgan fingerprint density at radius 1 is 1.38 bits per heavy atom. The van der Waals surface area contributed by atoms with Gasteiger partial charge < -0.3 is 15.2 Å². The van der Waals surface area contributed by atoms with Crippen LogP contribution in [0.15, 0.2) is 18.3 Å². The lowest BCUT2D eigenvalue weighted by Crippen LogP contribution is -2.39. The first-order chi connectivity index (χ1) is 11.3. The highest BCUT2D eigenvalue weighted by molar-refractivity contribution is 5.94. The second kappa shape index (κ2) is 7.61. The van der Waals surface area contributed by atoms with Gasteiger partial charge in [0.1, 0.15) is 5.69 Å². The number of carboxylic acid groups (broad SMARTS) is 1. The molecule has 0 aromatic carbocycles. The molecule has 1 saturated heterocycles. The number of rotatable bonds is 5. The molecule has 1 fully saturated rings. The van der Waals surface area contributed by atoms with E-state index < -0.39 is 35.2 Å². The second-order valence-corrected chi connectivity index (χ2v) is 5.50. The Bertz CT molecular complexity index is 601. The molecule has 2 heterocycles. The third-order valence-corrected chi connectivity index (χ3v) is 3.96. The van der Waals surface area contributed by atoms with E-state index in [4.69, 9.17) is 4.74 Å². The molecule has 1 atom stereocenters. The van der Waals surface area contributed by atoms with E-state index in [1.165, 1.54) is 0 Å². The molecule has 0 saturated carbocycles. The van der Waals surface area contributed by atoms with Crippen molar-refractivity contribution in [2.24, 2.45) is 11.8 Å². The van der Waals surface area contributed by atoms with E-state index in [1.807, 2.05) is 0 Å². The third kappa shape index (κ3) is 4.44. The number of hydrogen-bond donors (Lipinski definition) is 2. The Labute approximate surface area is 136 Å². The van der Waals surface area contributed by atoms with Crippen LogP contribution >= 0.6 is 0 Å². The molecule has 0 aliphatic carbocycles. The summed E-state index contributed by atoms with van der Waals surface area (Å²) in [4.78, 5) is 26.9. The van der Waals surface area contributed by atoms with Crippen LogP contribution in [0.25, 0.3) is 0 Å². The van der Waals surface area contributed by atoms with E-state index in [0.717, 1.165) is 18.3 Å². The second-order valence-electron chi connectivity index (χ2n) is 5.50. The fourth-order valence-electron chi connectivity index (χ4n) is 2.68. The largest absolute Gasteiger partial charge is 0.481 e. The van der Waals surface area contributed by atoms with Gasteiger partial charge in [0.15, 0.2) is 0 Å². The summed E-state index contributed by atoms with van der Waals surface area (Å²) in [6.45, 7) is 0.606. The monoisotopic (exact) mass is 346 g/mol. The molecular formula is C15H17F3N2O4. The smallest absolute Gasteiger partial charge is 0.418 e. The summed E-state index contributed by atoms with van der Waals surface area (Å²) < 4.78 is 43.9. The first kappa shape index (κ1) is 18.2. The molecule has 1 amide bonds. The summed E-state index contributed by atoms with van der Waals surface area (Å²) in [7, 11) is 0. The third-order valence-electron chi connectivity index (χ3n) is 3.96. The number of aromatic nitrogens is 1. The van der Waals surface area contributed by atoms with Gasteiger partial charge in [-0.15, -0.1) is 0 Å². The van der Waals surface area contributed by atoms with Gasteiger partial charge in [0.25, 0.3) is 5.91 Å². The summed E-state index contributed by atoms with van der Waals surface area (Å²) in [6, 6.07) is 1.84. The van der Waals surface area contributed by atoms with Crippen LogP contribution in [0.3, 0.4) is 0 Å². The van der Waals surface area contributed by atoms with Crippen molar-refractivity contribution in [2.45, 2.75) is 19.0 Å². The topological polar surface area (TPSA) is 88.5 Å². The highest BCUT2D eigenvalue weighted by Crippen LogP contribution is 2.31. The molecule has 9 heteroatoms. The molecule has 24 heavy (non-hydrogen) atoms. The molecule has 2 N–H and O–H groups in total. The van der Waals surface area contributed by atoms with E-state index in [9.17, 15) is 27.9 Å². The minimum atomic E-state index is -4.71. The number of amides is 1. The van der Waals surface area contributed by atoms with Crippen molar-refractivity contribution in [3.05, 3.63) is 29.6 Å². The van der Waals surface area contributed by atoms with Crippen LogP contribution in [0.4, 0.5) is 13.2 Å². The van der Waals surface area contributed by atoms with Crippen LogP contribution in [0, 0.1) is 11.8 Å². The molecule has 1 aromatic heterocycles. The molecule has 1 aliphatic rings. The molecule has 2 rings (SSSR count). The van der Waals surface area contributed by atoms with E-state index in [-0.39, 0.29) is 12.5 Å². The fourth-order valence-corrected chi connectivity index (χ4v) is 2.68. The molecule has 0 spiro atoms. The van der Waals surface area contributed by atoms with Crippen molar-refractivity contribution in [3.63, 3.8) is 0 Å². The number of aliphatic carboxylic acids is 1. The van der Waals surface area contributed by atoms with Gasteiger partial charge in [0, 0.05) is 26.0 Å². The molecule has 1 unspecified atom stereocenters. The molecule has 0 radical (unpaired) electrons. The van der Waals surface area contributed by atoms with E-state index in [0.29, 0.717) is 26.1 Å². The van der Waals surface area contributed by atoms with Crippen LogP contribution in [-0.4, -0.2) is 41.7 Å². The fraction of sp³-hybridized carbons (Fsp3) is 0.533. The average molecular weight is 346 g/mol. The van der Waals surface area contributed by atoms with Crippen molar-refractivity contribution in [1.29, 1.82) is 0 Å². The van der Waals surface area contributed by atoms with Gasteiger partial charge in [0.05, 0.1) is 11.5 Å². The summed E-state index contributed by atoms with van der Waals surface area (Å²) in [5, 5.41) is 11.6. The van der Waals surface area contributed by atoms with Crippen LogP contribution < -0.4 is 5.32 Å². The molecule has 0 bridgehead atoms. The molecule has 1 aliphatic heterocycles. The first-order valence-electron chi connectivity index (χ1n) is 7.41. The van der Waals surface area contributed by atoms with E-state index >= 15 is 0 Å². The van der Waals surface area contributed by atoms with Gasteiger partial charge >= 0.3 is 12.1 Å². The molecular weight excluding hydrogens is 329 g/mol. The highest BCUT2D eigenvalue weighted by Gasteiger charge is 2.36. The zero-order valence-corrected chi connectivity index (χ0v) is 12.7. The Hall–Kier alpha value is -2.16. The van der Waals surface area contributed by atoms with Crippen molar-refractivity contribution in [2.75, 3.05) is 19.8 Å². The van der Waals surface area contributed by atoms with Crippen molar-refractivity contribution in [3.8, 4) is 0 Å². The lowest BCUT2D eigenvalue weighted by atomic mass is 9.86. The quantitative estimate of drug-likeness (QED) is 0.851. The number of carboxylic acids is 1. The SMILES string of the molecule is O=C(NCC(C(=O)O)C1CCOCC1)c1ncccc1C(F)(F)F. The number of nitrogens with zero attached hydrogens (tertiary/aromatic N) is 1. The lowest BCUT2D eigenvalue weighted by Gasteiger charge is -2.27. The predicted molar refractivity (Wildman–Crippen MR) is 76.2 cm³/mol. The molecule has 6 nitrogen and oxygen atoms in total. The van der Waals surface area contributed by atoms with Gasteiger partial charge in [-0.25, -0.2) is 0 Å². The maximum absolute atomic E-state index is 12.9. The number of carbonyl (C=O) groups is 2. The number of carbonyl (C=O) groups excluding carboxylic acids is 1. The highest BCUT2D eigenvalue weighted by atomic mass is 19.4. The Morgan fingerprint density at radius 2 is 2.04 bits per heavy atom. The van der Waals surface area contributed by atoms with Crippen molar-refractivity contribution >= 4 is 11.9 Å². The maximum Gasteiger partial charge on any atom is 0.418 e. The summed E-state index contributed by atoms with van der Waals surface area (Å²) in [6.07, 6.45) is -2.57. The van der Waals surface area contributed by atoms with Crippen LogP contribution in [-0.2, 0) is 15.7 Å². The molecule has 1 aromatic rings. The number of halogens is 3. The van der Waals surface area contributed by atoms with Crippen molar-refractivity contribution < 1.29 is 32.6 Å². The standard InChI is InChI=1S/C15H17F3N2O4/c16-15(17,18)11-2-1-5-19-12(11)13(21)20-8-10(14(22)23)9-3-6-24-7-4-9/h1-2,5,9-10H,3-4,6-8H2,(H,20,21)(H,22,23). The van der Waals surface area contributed by atoms with Crippen LogP contribution in [0.1, 0.15) is 28.9 Å². The maximum atomic E-state index is 12.9. The normalized spacial score (nSPS) is 17.3. The summed E-state index contributed by atoms with van der Waals surface area (Å²) in [5.41, 5.74) is -1.92. The number of hydrogen-bond acceptors (Lipinski definition) is 4. The Kier molecular flexibility index (Phi) is 5.76. The minimum Gasteiger partial charge on any atom is -0.481 e. The van der Waals surface area contributed by atoms with Crippen LogP contribution in [0.2, 0.25) is 0 Å². The van der Waals surface area contributed by atoms with E-state index in [1.54, 1.807) is 0 Å². The first-order valence-corrected chi connectivity index (χ1v) is 7.41. The van der Waals surface area contributed by atoms with Gasteiger partial charge in [0.2, 0.25) is 0 Å². The van der Waals surface area contributed by atoms with Gasteiger partial charge in [-0.2, -0.15) is 13.2 Å². The number of alkyl halides is 3. The summed E-state index contributed by atoms with van der Waals surface area (Å²) >= 11 is 0. The van der Waals surface area contributed by atoms with Gasteiger partial charge in [-0.3, -0.25) is 14.6 Å². The molecule has 132 valence electrons. The zero-order valence-electron chi connectivity index (χ0n) is 12.7. The Morgan fingerprint density at radius 3 is 2.62 bits per heavy atom. The number of pyridine rings is 1. The zero-order chi connectivity index (χ0) is 17.7. The predicted octanol–water partition coefficient (Wildman–Crippen LogP) is 1.96. The number of nitrogens with one attached hydrogen (secondary N) is 1.